The predicted octanol–water partition coefficient (Wildman–Crippen LogP) is 3.40. The summed E-state index contributed by atoms with van der Waals surface area (Å²) in [5.74, 6) is 0.585. The van der Waals surface area contributed by atoms with Gasteiger partial charge in [0.25, 0.3) is 11.8 Å². The first kappa shape index (κ1) is 28.7. The van der Waals surface area contributed by atoms with Crippen molar-refractivity contribution >= 4 is 23.6 Å². The van der Waals surface area contributed by atoms with Gasteiger partial charge in [-0.1, -0.05) is 24.3 Å². The number of nitrogens with one attached hydrogen (secondary N) is 2. The lowest BCUT2D eigenvalue weighted by Crippen LogP contribution is -2.57. The molecule has 224 valence electrons. The largest absolute Gasteiger partial charge is 0.488 e. The zero-order chi connectivity index (χ0) is 30.5. The second-order valence-corrected chi connectivity index (χ2v) is 10.5. The second-order valence-electron chi connectivity index (χ2n) is 10.5. The Labute approximate surface area is 254 Å². The molecule has 11 heteroatoms. The van der Waals surface area contributed by atoms with Gasteiger partial charge in [0.15, 0.2) is 6.61 Å². The van der Waals surface area contributed by atoms with Crippen LogP contribution in [-0.4, -0.2) is 66.7 Å². The molecule has 3 aliphatic rings. The summed E-state index contributed by atoms with van der Waals surface area (Å²) in [5, 5.41) is 6.03. The summed E-state index contributed by atoms with van der Waals surface area (Å²) < 4.78 is 17.1. The fourth-order valence-electron chi connectivity index (χ4n) is 5.32. The Morgan fingerprint density at radius 1 is 0.977 bits per heavy atom. The number of nitrogens with zero attached hydrogens (tertiary/aromatic N) is 3. The molecule has 2 N–H and O–H groups in total. The fourth-order valence-corrected chi connectivity index (χ4v) is 5.32. The number of piperidine rings is 1. The van der Waals surface area contributed by atoms with Gasteiger partial charge in [-0.2, -0.15) is 0 Å². The number of hydrogen-bond acceptors (Lipinski definition) is 9. The highest BCUT2D eigenvalue weighted by molar-refractivity contribution is 5.96. The molecule has 2 amide bonds. The Kier molecular flexibility index (Phi) is 8.35. The molecular formula is C33H31N5O6. The van der Waals surface area contributed by atoms with Crippen molar-refractivity contribution in [2.75, 3.05) is 31.7 Å². The standard InChI is InChI=1S/C33H31N5O6/c1-42-33(41)27-6-3-12-35-31(27)38-13-11-29-28(19-38)37-32(40)24-14-23(17-34-18-24)22-4-2-5-26(15-22)43-20-30(39)36-16-21-7-9-25(44-29)10-8-21/h2-10,12,14-15,17-18,28-29H,11,13,16,19-20H2,1H3,(H,36,39)(H,37,40)/t28-,29+/m1/s1. The third-order valence-corrected chi connectivity index (χ3v) is 7.60. The van der Waals surface area contributed by atoms with E-state index in [1.165, 1.54) is 13.3 Å². The molecule has 2 atom stereocenters. The number of ether oxygens (including phenoxy) is 3. The normalized spacial score (nSPS) is 18.5. The first-order valence-corrected chi connectivity index (χ1v) is 14.3. The van der Waals surface area contributed by atoms with Gasteiger partial charge in [0, 0.05) is 50.2 Å². The lowest BCUT2D eigenvalue weighted by atomic mass is 10.00. The van der Waals surface area contributed by atoms with Gasteiger partial charge in [-0.25, -0.2) is 9.78 Å². The number of hydrogen-bond donors (Lipinski definition) is 2. The molecule has 5 heterocycles. The number of carbonyl (C=O) groups excluding carboxylic acids is 3. The first-order chi connectivity index (χ1) is 21.5. The first-order valence-electron chi connectivity index (χ1n) is 14.3. The van der Waals surface area contributed by atoms with Crippen LogP contribution in [0.25, 0.3) is 11.1 Å². The topological polar surface area (TPSA) is 132 Å². The Morgan fingerprint density at radius 2 is 1.82 bits per heavy atom. The van der Waals surface area contributed by atoms with E-state index in [-0.39, 0.29) is 24.5 Å². The van der Waals surface area contributed by atoms with E-state index in [0.29, 0.717) is 54.5 Å². The molecule has 11 nitrogen and oxygen atoms in total. The van der Waals surface area contributed by atoms with Gasteiger partial charge >= 0.3 is 5.97 Å². The lowest BCUT2D eigenvalue weighted by Gasteiger charge is -2.39. The van der Waals surface area contributed by atoms with E-state index < -0.39 is 12.0 Å². The van der Waals surface area contributed by atoms with Crippen LogP contribution in [0.15, 0.2) is 85.3 Å². The highest BCUT2D eigenvalue weighted by Crippen LogP contribution is 2.27. The molecule has 6 bridgehead atoms. The molecular weight excluding hydrogens is 562 g/mol. The van der Waals surface area contributed by atoms with E-state index in [1.807, 2.05) is 41.3 Å². The molecule has 0 radical (unpaired) electrons. The average Bonchev–Trinajstić information content (AvgIpc) is 3.07. The number of fused-ring (bicyclic) bond motifs is 7. The molecule has 0 saturated carbocycles. The number of amides is 2. The van der Waals surface area contributed by atoms with Crippen LogP contribution < -0.4 is 25.0 Å². The number of anilines is 1. The molecule has 0 spiro atoms. The van der Waals surface area contributed by atoms with Gasteiger partial charge in [0.05, 0.1) is 18.7 Å². The van der Waals surface area contributed by atoms with E-state index in [2.05, 4.69) is 20.6 Å². The van der Waals surface area contributed by atoms with Crippen LogP contribution >= 0.6 is 0 Å². The number of rotatable bonds is 2. The van der Waals surface area contributed by atoms with Crippen LogP contribution in [0.5, 0.6) is 11.5 Å². The molecule has 7 rings (SSSR count). The van der Waals surface area contributed by atoms with Gasteiger partial charge in [0.2, 0.25) is 0 Å². The summed E-state index contributed by atoms with van der Waals surface area (Å²) in [5.41, 5.74) is 3.12. The molecule has 4 aromatic rings. The smallest absolute Gasteiger partial charge is 0.341 e. The maximum Gasteiger partial charge on any atom is 0.341 e. The highest BCUT2D eigenvalue weighted by atomic mass is 16.5. The summed E-state index contributed by atoms with van der Waals surface area (Å²) in [7, 11) is 1.33. The van der Waals surface area contributed by atoms with Crippen molar-refractivity contribution in [3.05, 3.63) is 102 Å². The Morgan fingerprint density at radius 3 is 2.66 bits per heavy atom. The molecule has 1 fully saturated rings. The number of methoxy groups -OCH3 is 1. The summed E-state index contributed by atoms with van der Waals surface area (Å²) in [6.07, 6.45) is 4.98. The molecule has 3 aliphatic heterocycles. The van der Waals surface area contributed by atoms with Crippen LogP contribution in [0.4, 0.5) is 5.82 Å². The molecule has 2 aromatic carbocycles. The van der Waals surface area contributed by atoms with E-state index in [1.54, 1.807) is 42.7 Å². The third-order valence-electron chi connectivity index (χ3n) is 7.60. The maximum absolute atomic E-state index is 13.7. The van der Waals surface area contributed by atoms with E-state index in [0.717, 1.165) is 16.7 Å². The zero-order valence-corrected chi connectivity index (χ0v) is 24.1. The lowest BCUT2D eigenvalue weighted by molar-refractivity contribution is -0.123. The van der Waals surface area contributed by atoms with Crippen LogP contribution in [0, 0.1) is 0 Å². The number of esters is 1. The molecule has 2 aromatic heterocycles. The van der Waals surface area contributed by atoms with Gasteiger partial charge in [0.1, 0.15) is 29.0 Å². The number of carbonyl (C=O) groups is 3. The Balaban J connectivity index is 1.33. The number of pyridine rings is 2. The minimum atomic E-state index is -0.486. The Hall–Kier alpha value is -5.45. The zero-order valence-electron chi connectivity index (χ0n) is 24.1. The second kappa shape index (κ2) is 12.8. The maximum atomic E-state index is 13.7. The van der Waals surface area contributed by atoms with Gasteiger partial charge in [-0.15, -0.1) is 0 Å². The van der Waals surface area contributed by atoms with E-state index >= 15 is 0 Å². The van der Waals surface area contributed by atoms with Crippen molar-refractivity contribution in [1.82, 2.24) is 20.6 Å². The quantitative estimate of drug-likeness (QED) is 0.336. The van der Waals surface area contributed by atoms with Gasteiger partial charge < -0.3 is 29.7 Å². The average molecular weight is 594 g/mol. The molecule has 0 aliphatic carbocycles. The monoisotopic (exact) mass is 593 g/mol. The van der Waals surface area contributed by atoms with E-state index in [9.17, 15) is 14.4 Å². The minimum Gasteiger partial charge on any atom is -0.488 e. The van der Waals surface area contributed by atoms with Crippen molar-refractivity contribution < 1.29 is 28.6 Å². The van der Waals surface area contributed by atoms with Crippen molar-refractivity contribution in [3.63, 3.8) is 0 Å². The molecule has 0 unspecified atom stereocenters. The van der Waals surface area contributed by atoms with Crippen molar-refractivity contribution in [2.45, 2.75) is 25.1 Å². The van der Waals surface area contributed by atoms with E-state index in [4.69, 9.17) is 14.2 Å². The van der Waals surface area contributed by atoms with Crippen molar-refractivity contribution in [3.8, 4) is 22.6 Å². The van der Waals surface area contributed by atoms with Crippen molar-refractivity contribution in [2.24, 2.45) is 0 Å². The van der Waals surface area contributed by atoms with Gasteiger partial charge in [-0.3, -0.25) is 14.6 Å². The highest BCUT2D eigenvalue weighted by Gasteiger charge is 2.34. The summed E-state index contributed by atoms with van der Waals surface area (Å²) in [6, 6.07) is 19.4. The number of aromatic nitrogens is 2. The van der Waals surface area contributed by atoms with Crippen LogP contribution in [-0.2, 0) is 16.1 Å². The van der Waals surface area contributed by atoms with Crippen LogP contribution in [0.1, 0.15) is 32.7 Å². The summed E-state index contributed by atoms with van der Waals surface area (Å²) in [4.78, 5) is 49.4. The summed E-state index contributed by atoms with van der Waals surface area (Å²) >= 11 is 0. The SMILES string of the molecule is COC(=O)c1cccnc1N1CC[C@@H]2Oc3ccc(cc3)CNC(=O)COc3cccc(c3)-c3cncc(c3)C(=O)N[C@@H]2C1. The van der Waals surface area contributed by atoms with Gasteiger partial charge in [-0.05, 0) is 53.6 Å². The third kappa shape index (κ3) is 6.46. The van der Waals surface area contributed by atoms with Crippen LogP contribution in [0.2, 0.25) is 0 Å². The predicted molar refractivity (Wildman–Crippen MR) is 162 cm³/mol. The number of benzene rings is 2. The van der Waals surface area contributed by atoms with Crippen LogP contribution in [0.3, 0.4) is 0 Å². The molecule has 44 heavy (non-hydrogen) atoms. The summed E-state index contributed by atoms with van der Waals surface area (Å²) in [6.45, 7) is 1.08. The Bertz CT molecular complexity index is 1680. The molecule has 1 saturated heterocycles. The van der Waals surface area contributed by atoms with Crippen molar-refractivity contribution in [1.29, 1.82) is 0 Å². The minimum absolute atomic E-state index is 0.134. The fraction of sp³-hybridized carbons (Fsp3) is 0.242.